The van der Waals surface area contributed by atoms with Crippen molar-refractivity contribution in [2.24, 2.45) is 0 Å². The number of aromatic nitrogens is 1. The van der Waals surface area contributed by atoms with E-state index in [1.54, 1.807) is 0 Å². The Balaban J connectivity index is 2.11. The predicted molar refractivity (Wildman–Crippen MR) is 83.0 cm³/mol. The minimum Gasteiger partial charge on any atom is -0.302 e. The number of hydrogen-bond donors (Lipinski definition) is 1. The number of halogens is 1. The summed E-state index contributed by atoms with van der Waals surface area (Å²) in [4.78, 5) is 4.41. The first kappa shape index (κ1) is 14.2. The highest BCUT2D eigenvalue weighted by molar-refractivity contribution is 9.10. The summed E-state index contributed by atoms with van der Waals surface area (Å²) >= 11 is 3.53. The number of rotatable bonds is 5. The van der Waals surface area contributed by atoms with Crippen LogP contribution in [-0.4, -0.2) is 4.98 Å². The fraction of sp³-hybridized carbons (Fsp3) is 0.312. The van der Waals surface area contributed by atoms with Gasteiger partial charge in [-0.25, -0.2) is 0 Å². The molecular formula is C16H19BrN2. The summed E-state index contributed by atoms with van der Waals surface area (Å²) in [6, 6.07) is 15.1. The van der Waals surface area contributed by atoms with E-state index in [1.807, 2.05) is 18.3 Å². The molecule has 2 atom stereocenters. The maximum absolute atomic E-state index is 4.41. The van der Waals surface area contributed by atoms with Crippen LogP contribution in [0.1, 0.15) is 43.6 Å². The van der Waals surface area contributed by atoms with E-state index in [-0.39, 0.29) is 6.04 Å². The van der Waals surface area contributed by atoms with Crippen molar-refractivity contribution in [3.8, 4) is 0 Å². The standard InChI is InChI=1S/C16H19BrN2/c1-3-15(13-7-6-8-14(17)11-13)19-12(2)16-9-4-5-10-18-16/h4-12,15,19H,3H2,1-2H3/t12-,15?/m0/s1. The van der Waals surface area contributed by atoms with Crippen molar-refractivity contribution in [3.05, 3.63) is 64.4 Å². The van der Waals surface area contributed by atoms with Crippen LogP contribution in [0.15, 0.2) is 53.1 Å². The lowest BCUT2D eigenvalue weighted by Gasteiger charge is -2.22. The molecule has 0 fully saturated rings. The van der Waals surface area contributed by atoms with Crippen LogP contribution < -0.4 is 5.32 Å². The third-order valence-electron chi connectivity index (χ3n) is 3.24. The molecule has 2 aromatic rings. The molecule has 1 aromatic heterocycles. The quantitative estimate of drug-likeness (QED) is 0.868. The van der Waals surface area contributed by atoms with Gasteiger partial charge in [0.05, 0.1) is 5.69 Å². The van der Waals surface area contributed by atoms with Crippen molar-refractivity contribution < 1.29 is 0 Å². The topological polar surface area (TPSA) is 24.9 Å². The molecule has 0 radical (unpaired) electrons. The molecule has 100 valence electrons. The maximum atomic E-state index is 4.41. The Bertz CT molecular complexity index is 513. The maximum Gasteiger partial charge on any atom is 0.0570 e. The van der Waals surface area contributed by atoms with Crippen LogP contribution in [-0.2, 0) is 0 Å². The molecular weight excluding hydrogens is 300 g/mol. The Kier molecular flexibility index (Phi) is 5.11. The normalized spacial score (nSPS) is 14.1. The Morgan fingerprint density at radius 3 is 2.68 bits per heavy atom. The Labute approximate surface area is 123 Å². The second-order valence-electron chi connectivity index (χ2n) is 4.66. The molecule has 1 aromatic carbocycles. The molecule has 2 rings (SSSR count). The highest BCUT2D eigenvalue weighted by atomic mass is 79.9. The minimum absolute atomic E-state index is 0.241. The number of hydrogen-bond acceptors (Lipinski definition) is 2. The van der Waals surface area contributed by atoms with Gasteiger partial charge in [-0.1, -0.05) is 41.1 Å². The fourth-order valence-corrected chi connectivity index (χ4v) is 2.61. The third kappa shape index (κ3) is 3.88. The van der Waals surface area contributed by atoms with Crippen LogP contribution in [0.2, 0.25) is 0 Å². The van der Waals surface area contributed by atoms with Gasteiger partial charge in [-0.05, 0) is 43.2 Å². The smallest absolute Gasteiger partial charge is 0.0570 e. The van der Waals surface area contributed by atoms with Gasteiger partial charge in [0.15, 0.2) is 0 Å². The van der Waals surface area contributed by atoms with Crippen molar-refractivity contribution >= 4 is 15.9 Å². The molecule has 3 heteroatoms. The van der Waals surface area contributed by atoms with Gasteiger partial charge in [0.2, 0.25) is 0 Å². The lowest BCUT2D eigenvalue weighted by atomic mass is 10.0. The van der Waals surface area contributed by atoms with E-state index in [0.29, 0.717) is 6.04 Å². The van der Waals surface area contributed by atoms with Gasteiger partial charge in [-0.15, -0.1) is 0 Å². The van der Waals surface area contributed by atoms with Crippen molar-refractivity contribution in [1.29, 1.82) is 0 Å². The molecule has 0 saturated heterocycles. The van der Waals surface area contributed by atoms with E-state index in [4.69, 9.17) is 0 Å². The van der Waals surface area contributed by atoms with E-state index in [2.05, 4.69) is 70.4 Å². The number of benzene rings is 1. The van der Waals surface area contributed by atoms with E-state index < -0.39 is 0 Å². The Morgan fingerprint density at radius 2 is 2.05 bits per heavy atom. The summed E-state index contributed by atoms with van der Waals surface area (Å²) in [7, 11) is 0. The largest absolute Gasteiger partial charge is 0.302 e. The molecule has 0 aliphatic heterocycles. The summed E-state index contributed by atoms with van der Waals surface area (Å²) in [5, 5.41) is 3.64. The van der Waals surface area contributed by atoms with Gasteiger partial charge < -0.3 is 5.32 Å². The van der Waals surface area contributed by atoms with Crippen molar-refractivity contribution in [3.63, 3.8) is 0 Å². The minimum atomic E-state index is 0.241. The third-order valence-corrected chi connectivity index (χ3v) is 3.74. The molecule has 1 N–H and O–H groups in total. The molecule has 0 aliphatic carbocycles. The van der Waals surface area contributed by atoms with Crippen molar-refractivity contribution in [1.82, 2.24) is 10.3 Å². The van der Waals surface area contributed by atoms with Gasteiger partial charge in [0, 0.05) is 22.8 Å². The van der Waals surface area contributed by atoms with Crippen LogP contribution in [0.3, 0.4) is 0 Å². The molecule has 0 aliphatic rings. The van der Waals surface area contributed by atoms with E-state index in [0.717, 1.165) is 16.6 Å². The average molecular weight is 319 g/mol. The molecule has 0 saturated carbocycles. The second kappa shape index (κ2) is 6.83. The van der Waals surface area contributed by atoms with Crippen LogP contribution in [0, 0.1) is 0 Å². The lowest BCUT2D eigenvalue weighted by molar-refractivity contribution is 0.450. The first-order valence-electron chi connectivity index (χ1n) is 6.63. The van der Waals surface area contributed by atoms with Gasteiger partial charge >= 0.3 is 0 Å². The zero-order valence-corrected chi connectivity index (χ0v) is 12.9. The van der Waals surface area contributed by atoms with E-state index in [1.165, 1.54) is 5.56 Å². The molecule has 1 unspecified atom stereocenters. The first-order valence-corrected chi connectivity index (χ1v) is 7.42. The summed E-state index contributed by atoms with van der Waals surface area (Å²) in [6.07, 6.45) is 2.89. The summed E-state index contributed by atoms with van der Waals surface area (Å²) in [5.74, 6) is 0. The van der Waals surface area contributed by atoms with Crippen LogP contribution in [0.25, 0.3) is 0 Å². The van der Waals surface area contributed by atoms with Gasteiger partial charge in [0.25, 0.3) is 0 Å². The number of nitrogens with one attached hydrogen (secondary N) is 1. The van der Waals surface area contributed by atoms with Gasteiger partial charge in [-0.3, -0.25) is 4.98 Å². The summed E-state index contributed by atoms with van der Waals surface area (Å²) in [6.45, 7) is 4.35. The average Bonchev–Trinajstić information content (AvgIpc) is 2.45. The van der Waals surface area contributed by atoms with Gasteiger partial charge in [-0.2, -0.15) is 0 Å². The second-order valence-corrected chi connectivity index (χ2v) is 5.57. The molecule has 1 heterocycles. The Hall–Kier alpha value is -1.19. The van der Waals surface area contributed by atoms with Crippen LogP contribution >= 0.6 is 15.9 Å². The van der Waals surface area contributed by atoms with E-state index in [9.17, 15) is 0 Å². The lowest BCUT2D eigenvalue weighted by Crippen LogP contribution is -2.24. The number of pyridine rings is 1. The zero-order chi connectivity index (χ0) is 13.7. The van der Waals surface area contributed by atoms with Crippen molar-refractivity contribution in [2.75, 3.05) is 0 Å². The number of nitrogens with zero attached hydrogens (tertiary/aromatic N) is 1. The summed E-state index contributed by atoms with van der Waals surface area (Å²) in [5.41, 5.74) is 2.38. The van der Waals surface area contributed by atoms with Crippen molar-refractivity contribution in [2.45, 2.75) is 32.4 Å². The molecule has 19 heavy (non-hydrogen) atoms. The van der Waals surface area contributed by atoms with E-state index >= 15 is 0 Å². The van der Waals surface area contributed by atoms with Crippen LogP contribution in [0.5, 0.6) is 0 Å². The fourth-order valence-electron chi connectivity index (χ4n) is 2.19. The summed E-state index contributed by atoms with van der Waals surface area (Å²) < 4.78 is 1.12. The van der Waals surface area contributed by atoms with Gasteiger partial charge in [0.1, 0.15) is 0 Å². The monoisotopic (exact) mass is 318 g/mol. The molecule has 0 spiro atoms. The SMILES string of the molecule is CCC(N[C@@H](C)c1ccccn1)c1cccc(Br)c1. The highest BCUT2D eigenvalue weighted by Crippen LogP contribution is 2.23. The molecule has 0 amide bonds. The molecule has 0 bridgehead atoms. The predicted octanol–water partition coefficient (Wildman–Crippen LogP) is 4.65. The zero-order valence-electron chi connectivity index (χ0n) is 11.3. The van der Waals surface area contributed by atoms with Crippen LogP contribution in [0.4, 0.5) is 0 Å². The molecule has 2 nitrogen and oxygen atoms in total. The first-order chi connectivity index (χ1) is 9.20. The Morgan fingerprint density at radius 1 is 1.21 bits per heavy atom. The highest BCUT2D eigenvalue weighted by Gasteiger charge is 2.14.